The van der Waals surface area contributed by atoms with Crippen LogP contribution in [-0.4, -0.2) is 22.2 Å². The van der Waals surface area contributed by atoms with E-state index in [1.807, 2.05) is 0 Å². The van der Waals surface area contributed by atoms with Gasteiger partial charge in [-0.15, -0.1) is 0 Å². The quantitative estimate of drug-likeness (QED) is 0.693. The molecular weight excluding hydrogens is 308 g/mol. The Morgan fingerprint density at radius 1 is 1.14 bits per heavy atom. The first-order valence-corrected chi connectivity index (χ1v) is 6.65. The summed E-state index contributed by atoms with van der Waals surface area (Å²) in [5.41, 5.74) is 1.29. The molecule has 0 atom stereocenters. The number of carbonyl (C=O) groups is 2. The standard InChI is InChI=1S/C15H13ClN2O4/c1-8-3-2-4-11(16)13(8)18-15(22)17-9-5-6-10(14(20)21)12(19)7-9/h2-7,19H,1H3,(H,20,21)(H2,17,18,22). The molecule has 0 heterocycles. The van der Waals surface area contributed by atoms with Crippen LogP contribution in [0.2, 0.25) is 5.02 Å². The van der Waals surface area contributed by atoms with E-state index in [1.54, 1.807) is 25.1 Å². The van der Waals surface area contributed by atoms with Gasteiger partial charge in [-0.3, -0.25) is 0 Å². The van der Waals surface area contributed by atoms with Gasteiger partial charge in [0.1, 0.15) is 11.3 Å². The number of carboxylic acids is 1. The van der Waals surface area contributed by atoms with Gasteiger partial charge in [-0.05, 0) is 30.7 Å². The molecule has 0 radical (unpaired) electrons. The number of aromatic carboxylic acids is 1. The van der Waals surface area contributed by atoms with Crippen LogP contribution >= 0.6 is 11.6 Å². The van der Waals surface area contributed by atoms with E-state index in [9.17, 15) is 14.7 Å². The normalized spacial score (nSPS) is 10.1. The number of benzene rings is 2. The third-order valence-electron chi connectivity index (χ3n) is 2.95. The maximum Gasteiger partial charge on any atom is 0.339 e. The number of nitrogens with one attached hydrogen (secondary N) is 2. The van der Waals surface area contributed by atoms with E-state index in [4.69, 9.17) is 16.7 Å². The van der Waals surface area contributed by atoms with Crippen molar-refractivity contribution in [3.05, 3.63) is 52.5 Å². The van der Waals surface area contributed by atoms with Crippen LogP contribution in [0, 0.1) is 6.92 Å². The first kappa shape index (κ1) is 15.7. The van der Waals surface area contributed by atoms with Crippen molar-refractivity contribution in [2.75, 3.05) is 10.6 Å². The lowest BCUT2D eigenvalue weighted by molar-refractivity contribution is 0.0694. The second-order valence-electron chi connectivity index (χ2n) is 4.55. The van der Waals surface area contributed by atoms with Gasteiger partial charge >= 0.3 is 12.0 Å². The van der Waals surface area contributed by atoms with Gasteiger partial charge in [-0.2, -0.15) is 0 Å². The van der Waals surface area contributed by atoms with Crippen LogP contribution in [0.5, 0.6) is 5.75 Å². The Hall–Kier alpha value is -2.73. The molecular formula is C15H13ClN2O4. The highest BCUT2D eigenvalue weighted by molar-refractivity contribution is 6.34. The topological polar surface area (TPSA) is 98.7 Å². The third-order valence-corrected chi connectivity index (χ3v) is 3.26. The molecule has 0 aliphatic heterocycles. The van der Waals surface area contributed by atoms with Crippen molar-refractivity contribution in [1.29, 1.82) is 0 Å². The monoisotopic (exact) mass is 320 g/mol. The van der Waals surface area contributed by atoms with Gasteiger partial charge < -0.3 is 20.8 Å². The van der Waals surface area contributed by atoms with Crippen molar-refractivity contribution < 1.29 is 19.8 Å². The van der Waals surface area contributed by atoms with Crippen molar-refractivity contribution in [3.8, 4) is 5.75 Å². The van der Waals surface area contributed by atoms with Crippen LogP contribution in [0.4, 0.5) is 16.2 Å². The molecule has 0 bridgehead atoms. The Kier molecular flexibility index (Phi) is 4.53. The zero-order valence-electron chi connectivity index (χ0n) is 11.6. The summed E-state index contributed by atoms with van der Waals surface area (Å²) >= 11 is 6.01. The number of urea groups is 1. The summed E-state index contributed by atoms with van der Waals surface area (Å²) in [6, 6.07) is 8.40. The number of amides is 2. The van der Waals surface area contributed by atoms with Gasteiger partial charge in [0.05, 0.1) is 10.7 Å². The van der Waals surface area contributed by atoms with E-state index in [0.29, 0.717) is 10.7 Å². The zero-order valence-corrected chi connectivity index (χ0v) is 12.3. The molecule has 4 N–H and O–H groups in total. The van der Waals surface area contributed by atoms with Gasteiger partial charge in [-0.25, -0.2) is 9.59 Å². The van der Waals surface area contributed by atoms with Crippen LogP contribution in [0.1, 0.15) is 15.9 Å². The molecule has 0 aromatic heterocycles. The Morgan fingerprint density at radius 3 is 2.45 bits per heavy atom. The predicted octanol–water partition coefficient (Wildman–Crippen LogP) is 3.70. The number of carbonyl (C=O) groups excluding carboxylic acids is 1. The van der Waals surface area contributed by atoms with E-state index in [-0.39, 0.29) is 11.3 Å². The van der Waals surface area contributed by atoms with Crippen molar-refractivity contribution in [2.24, 2.45) is 0 Å². The SMILES string of the molecule is Cc1cccc(Cl)c1NC(=O)Nc1ccc(C(=O)O)c(O)c1. The van der Waals surface area contributed by atoms with Crippen LogP contribution in [0.15, 0.2) is 36.4 Å². The molecule has 0 aliphatic rings. The third kappa shape index (κ3) is 3.48. The maximum absolute atomic E-state index is 11.9. The molecule has 2 aromatic carbocycles. The van der Waals surface area contributed by atoms with Crippen LogP contribution < -0.4 is 10.6 Å². The molecule has 2 aromatic rings. The molecule has 6 nitrogen and oxygen atoms in total. The number of aromatic hydroxyl groups is 1. The summed E-state index contributed by atoms with van der Waals surface area (Å²) in [4.78, 5) is 22.7. The molecule has 2 rings (SSSR count). The summed E-state index contributed by atoms with van der Waals surface area (Å²) < 4.78 is 0. The number of halogens is 1. The highest BCUT2D eigenvalue weighted by atomic mass is 35.5. The summed E-state index contributed by atoms with van der Waals surface area (Å²) in [6.07, 6.45) is 0. The lowest BCUT2D eigenvalue weighted by Gasteiger charge is -2.12. The zero-order chi connectivity index (χ0) is 16.3. The minimum absolute atomic E-state index is 0.243. The fraction of sp³-hybridized carbons (Fsp3) is 0.0667. The highest BCUT2D eigenvalue weighted by Crippen LogP contribution is 2.26. The maximum atomic E-state index is 11.9. The average molecular weight is 321 g/mol. The number of hydrogen-bond donors (Lipinski definition) is 4. The second kappa shape index (κ2) is 6.36. The number of phenols is 1. The Bertz CT molecular complexity index is 726. The van der Waals surface area contributed by atoms with Crippen LogP contribution in [0.3, 0.4) is 0 Å². The smallest absolute Gasteiger partial charge is 0.339 e. The van der Waals surface area contributed by atoms with Crippen molar-refractivity contribution in [2.45, 2.75) is 6.92 Å². The number of anilines is 2. The molecule has 22 heavy (non-hydrogen) atoms. The van der Waals surface area contributed by atoms with Gasteiger partial charge in [-0.1, -0.05) is 23.7 Å². The van der Waals surface area contributed by atoms with Crippen LogP contribution in [-0.2, 0) is 0 Å². The number of aryl methyl sites for hydroxylation is 1. The minimum Gasteiger partial charge on any atom is -0.507 e. The van der Waals surface area contributed by atoms with E-state index >= 15 is 0 Å². The molecule has 0 aliphatic carbocycles. The Morgan fingerprint density at radius 2 is 1.86 bits per heavy atom. The molecule has 2 amide bonds. The molecule has 0 fully saturated rings. The summed E-state index contributed by atoms with van der Waals surface area (Å²) in [5.74, 6) is -1.68. The van der Waals surface area contributed by atoms with E-state index in [2.05, 4.69) is 10.6 Å². The molecule has 0 spiro atoms. The van der Waals surface area contributed by atoms with Crippen molar-refractivity contribution >= 4 is 35.0 Å². The lowest BCUT2D eigenvalue weighted by Crippen LogP contribution is -2.20. The van der Waals surface area contributed by atoms with Crippen LogP contribution in [0.25, 0.3) is 0 Å². The number of para-hydroxylation sites is 1. The Balaban J connectivity index is 2.13. The average Bonchev–Trinajstić information content (AvgIpc) is 2.42. The van der Waals surface area contributed by atoms with Gasteiger partial charge in [0, 0.05) is 11.8 Å². The van der Waals surface area contributed by atoms with Crippen molar-refractivity contribution in [1.82, 2.24) is 0 Å². The van der Waals surface area contributed by atoms with Gasteiger partial charge in [0.15, 0.2) is 0 Å². The first-order valence-electron chi connectivity index (χ1n) is 6.28. The van der Waals surface area contributed by atoms with Crippen molar-refractivity contribution in [3.63, 3.8) is 0 Å². The molecule has 0 unspecified atom stereocenters. The number of rotatable bonds is 3. The number of hydrogen-bond acceptors (Lipinski definition) is 3. The lowest BCUT2D eigenvalue weighted by atomic mass is 10.2. The second-order valence-corrected chi connectivity index (χ2v) is 4.96. The van der Waals surface area contributed by atoms with E-state index in [1.165, 1.54) is 12.1 Å². The van der Waals surface area contributed by atoms with E-state index < -0.39 is 17.7 Å². The predicted molar refractivity (Wildman–Crippen MR) is 83.9 cm³/mol. The summed E-state index contributed by atoms with van der Waals surface area (Å²) in [7, 11) is 0. The molecule has 114 valence electrons. The van der Waals surface area contributed by atoms with E-state index in [0.717, 1.165) is 11.6 Å². The highest BCUT2D eigenvalue weighted by Gasteiger charge is 2.12. The van der Waals surface area contributed by atoms with Gasteiger partial charge in [0.2, 0.25) is 0 Å². The first-order chi connectivity index (χ1) is 10.4. The number of carboxylic acid groups (broad SMARTS) is 1. The molecule has 7 heteroatoms. The summed E-state index contributed by atoms with van der Waals surface area (Å²) in [6.45, 7) is 1.80. The largest absolute Gasteiger partial charge is 0.507 e. The minimum atomic E-state index is -1.25. The fourth-order valence-electron chi connectivity index (χ4n) is 1.86. The van der Waals surface area contributed by atoms with Gasteiger partial charge in [0.25, 0.3) is 0 Å². The summed E-state index contributed by atoms with van der Waals surface area (Å²) in [5, 5.41) is 23.9. The Labute approximate surface area is 131 Å². The molecule has 0 saturated heterocycles. The fourth-order valence-corrected chi connectivity index (χ4v) is 2.13. The molecule has 0 saturated carbocycles.